The molecule has 0 amide bonds. The van der Waals surface area contributed by atoms with E-state index in [0.717, 1.165) is 18.2 Å². The minimum Gasteiger partial charge on any atom is -0.285 e. The van der Waals surface area contributed by atoms with Crippen molar-refractivity contribution in [3.63, 3.8) is 0 Å². The monoisotopic (exact) mass is 254 g/mol. The van der Waals surface area contributed by atoms with Crippen molar-refractivity contribution >= 4 is 20.2 Å². The Kier molecular flexibility index (Phi) is 2.81. The van der Waals surface area contributed by atoms with Crippen LogP contribution >= 0.6 is 0 Å². The summed E-state index contributed by atoms with van der Waals surface area (Å²) < 4.78 is 59.2. The van der Waals surface area contributed by atoms with Crippen molar-refractivity contribution in [1.82, 2.24) is 0 Å². The highest BCUT2D eigenvalue weighted by Gasteiger charge is 2.37. The highest BCUT2D eigenvalue weighted by atomic mass is 32.2. The molecule has 0 heterocycles. The van der Waals surface area contributed by atoms with Crippen molar-refractivity contribution < 1.29 is 25.9 Å². The average molecular weight is 254 g/mol. The van der Waals surface area contributed by atoms with Gasteiger partial charge in [-0.1, -0.05) is 12.2 Å². The van der Waals surface area contributed by atoms with Gasteiger partial charge in [-0.2, -0.15) is 16.8 Å². The van der Waals surface area contributed by atoms with Gasteiger partial charge in [0.15, 0.2) is 0 Å². The summed E-state index contributed by atoms with van der Waals surface area (Å²) in [6.07, 6.45) is 2.82. The molecular weight excluding hydrogens is 244 g/mol. The lowest BCUT2D eigenvalue weighted by molar-refractivity contribution is 0.451. The van der Waals surface area contributed by atoms with Gasteiger partial charge in [-0.25, -0.2) is 0 Å². The highest BCUT2D eigenvalue weighted by molar-refractivity contribution is 7.90. The van der Waals surface area contributed by atoms with Gasteiger partial charge in [0, 0.05) is 0 Å². The average Bonchev–Trinajstić information content (AvgIpc) is 2.01. The Hall–Kier alpha value is -0.700. The first-order chi connectivity index (χ1) is 6.56. The van der Waals surface area contributed by atoms with E-state index in [1.54, 1.807) is 0 Å². The quantitative estimate of drug-likeness (QED) is 0.689. The molecule has 0 radical (unpaired) electrons. The lowest BCUT2D eigenvalue weighted by atomic mass is 10.0. The first kappa shape index (κ1) is 12.4. The Balaban J connectivity index is 3.10. The predicted octanol–water partition coefficient (Wildman–Crippen LogP) is 0.364. The lowest BCUT2D eigenvalue weighted by Crippen LogP contribution is -2.33. The molecule has 0 aromatic rings. The first-order valence-corrected chi connectivity index (χ1v) is 6.78. The van der Waals surface area contributed by atoms with Crippen LogP contribution in [0.5, 0.6) is 0 Å². The summed E-state index contributed by atoms with van der Waals surface area (Å²) in [7, 11) is -8.63. The molecule has 1 aliphatic rings. The van der Waals surface area contributed by atoms with Crippen molar-refractivity contribution in [1.29, 1.82) is 0 Å². The minimum absolute atomic E-state index is 0.211. The van der Waals surface area contributed by atoms with Gasteiger partial charge in [0.1, 0.15) is 4.75 Å². The van der Waals surface area contributed by atoms with Gasteiger partial charge in [0.2, 0.25) is 0 Å². The lowest BCUT2D eigenvalue weighted by Gasteiger charge is -2.23. The van der Waals surface area contributed by atoms with E-state index < -0.39 is 25.0 Å². The molecule has 0 aromatic carbocycles. The van der Waals surface area contributed by atoms with Gasteiger partial charge in [0.05, 0.1) is 4.91 Å². The Morgan fingerprint density at radius 2 is 1.80 bits per heavy atom. The minimum atomic E-state index is -4.32. The number of hydrogen-bond acceptors (Lipinski definition) is 4. The third-order valence-electron chi connectivity index (χ3n) is 2.20. The molecule has 0 aromatic heterocycles. The van der Waals surface area contributed by atoms with Crippen LogP contribution in [0, 0.1) is 0 Å². The zero-order valence-corrected chi connectivity index (χ0v) is 9.42. The van der Waals surface area contributed by atoms with Crippen LogP contribution in [0.2, 0.25) is 0 Å². The molecule has 6 nitrogen and oxygen atoms in total. The van der Waals surface area contributed by atoms with E-state index in [2.05, 4.69) is 0 Å². The fraction of sp³-hybridized carbons (Fsp3) is 0.429. The van der Waals surface area contributed by atoms with Crippen LogP contribution in [0.4, 0.5) is 0 Å². The van der Waals surface area contributed by atoms with Crippen LogP contribution < -0.4 is 0 Å². The normalized spacial score (nSPS) is 27.5. The molecule has 0 saturated carbocycles. The molecular formula is C7H10O6S2. The van der Waals surface area contributed by atoms with Gasteiger partial charge < -0.3 is 0 Å². The standard InChI is InChI=1S/C7H10O6S2/c1-7(15(11,12)13)4-2-6(3-5-7)14(8,9)10/h2-4H,5H2,1H3,(H,8,9,10)(H,11,12,13). The molecule has 8 heteroatoms. The first-order valence-electron chi connectivity index (χ1n) is 3.90. The molecule has 1 unspecified atom stereocenters. The number of rotatable bonds is 2. The molecule has 0 fully saturated rings. The Morgan fingerprint density at radius 3 is 2.07 bits per heavy atom. The number of hydrogen-bond donors (Lipinski definition) is 2. The van der Waals surface area contributed by atoms with Crippen LogP contribution in [0.15, 0.2) is 23.1 Å². The second-order valence-electron chi connectivity index (χ2n) is 3.41. The Morgan fingerprint density at radius 1 is 1.27 bits per heavy atom. The molecule has 2 N–H and O–H groups in total. The zero-order valence-electron chi connectivity index (χ0n) is 7.78. The van der Waals surface area contributed by atoms with Crippen LogP contribution in [-0.4, -0.2) is 30.7 Å². The molecule has 1 atom stereocenters. The zero-order chi connectivity index (χ0) is 11.9. The van der Waals surface area contributed by atoms with Crippen LogP contribution in [0.1, 0.15) is 13.3 Å². The smallest absolute Gasteiger partial charge is 0.285 e. The maximum absolute atomic E-state index is 10.9. The summed E-state index contributed by atoms with van der Waals surface area (Å²) >= 11 is 0. The Labute approximate surface area is 87.8 Å². The summed E-state index contributed by atoms with van der Waals surface area (Å²) in [4.78, 5) is -0.372. The van der Waals surface area contributed by atoms with E-state index >= 15 is 0 Å². The van der Waals surface area contributed by atoms with Crippen molar-refractivity contribution in [3.05, 3.63) is 23.1 Å². The van der Waals surface area contributed by atoms with Crippen LogP contribution in [0.25, 0.3) is 0 Å². The molecule has 1 rings (SSSR count). The summed E-state index contributed by atoms with van der Waals surface area (Å²) in [6.45, 7) is 1.25. The third-order valence-corrected chi connectivity index (χ3v) is 4.58. The van der Waals surface area contributed by atoms with Crippen molar-refractivity contribution in [2.45, 2.75) is 18.1 Å². The Bertz CT molecular complexity index is 524. The van der Waals surface area contributed by atoms with Gasteiger partial charge in [-0.15, -0.1) is 0 Å². The topological polar surface area (TPSA) is 109 Å². The van der Waals surface area contributed by atoms with E-state index in [0.29, 0.717) is 0 Å². The van der Waals surface area contributed by atoms with E-state index in [1.807, 2.05) is 0 Å². The van der Waals surface area contributed by atoms with E-state index in [4.69, 9.17) is 9.11 Å². The predicted molar refractivity (Wildman–Crippen MR) is 53.3 cm³/mol. The van der Waals surface area contributed by atoms with Gasteiger partial charge in [0.25, 0.3) is 20.2 Å². The van der Waals surface area contributed by atoms with Crippen molar-refractivity contribution in [2.75, 3.05) is 0 Å². The molecule has 86 valence electrons. The van der Waals surface area contributed by atoms with Crippen LogP contribution in [-0.2, 0) is 20.2 Å². The van der Waals surface area contributed by atoms with E-state index in [1.165, 1.54) is 6.92 Å². The van der Waals surface area contributed by atoms with Crippen molar-refractivity contribution in [3.8, 4) is 0 Å². The molecule has 0 aliphatic heterocycles. The SMILES string of the molecule is CC1(S(=O)(=O)O)C=CC(S(=O)(=O)O)=CC1. The summed E-state index contributed by atoms with van der Waals surface area (Å²) in [5, 5.41) is 0. The largest absolute Gasteiger partial charge is 0.294 e. The maximum atomic E-state index is 10.9. The van der Waals surface area contributed by atoms with Gasteiger partial charge in [-0.3, -0.25) is 9.11 Å². The second-order valence-corrected chi connectivity index (χ2v) is 6.71. The fourth-order valence-corrected chi connectivity index (χ4v) is 2.15. The molecule has 1 aliphatic carbocycles. The second kappa shape index (κ2) is 3.41. The summed E-state index contributed by atoms with van der Waals surface area (Å²) in [5.41, 5.74) is 0. The van der Waals surface area contributed by atoms with Crippen molar-refractivity contribution in [2.24, 2.45) is 0 Å². The number of allylic oxidation sites excluding steroid dienone is 2. The van der Waals surface area contributed by atoms with E-state index in [9.17, 15) is 16.8 Å². The van der Waals surface area contributed by atoms with Gasteiger partial charge >= 0.3 is 0 Å². The highest BCUT2D eigenvalue weighted by Crippen LogP contribution is 2.29. The molecule has 15 heavy (non-hydrogen) atoms. The fourth-order valence-electron chi connectivity index (χ4n) is 1.08. The van der Waals surface area contributed by atoms with Crippen LogP contribution in [0.3, 0.4) is 0 Å². The maximum Gasteiger partial charge on any atom is 0.294 e. The molecule has 0 spiro atoms. The summed E-state index contributed by atoms with van der Waals surface area (Å²) in [6, 6.07) is 0. The summed E-state index contributed by atoms with van der Waals surface area (Å²) in [5.74, 6) is 0. The molecule has 0 bridgehead atoms. The van der Waals surface area contributed by atoms with Gasteiger partial charge in [-0.05, 0) is 19.4 Å². The third kappa shape index (κ3) is 2.46. The van der Waals surface area contributed by atoms with E-state index in [-0.39, 0.29) is 11.3 Å². The molecule has 0 saturated heterocycles.